The first-order valence-corrected chi connectivity index (χ1v) is 12.9. The molecule has 10 heteroatoms. The van der Waals surface area contributed by atoms with Crippen LogP contribution >= 0.6 is 11.3 Å². The average Bonchev–Trinajstić information content (AvgIpc) is 3.24. The number of carbonyl (C=O) groups is 3. The molecule has 3 aliphatic heterocycles. The van der Waals surface area contributed by atoms with E-state index in [9.17, 15) is 14.4 Å². The number of aromatic nitrogens is 1. The minimum absolute atomic E-state index is 0.0335. The van der Waals surface area contributed by atoms with Gasteiger partial charge in [-0.3, -0.25) is 19.4 Å². The van der Waals surface area contributed by atoms with Gasteiger partial charge in [0.05, 0.1) is 5.56 Å². The molecule has 2 aromatic rings. The monoisotopic (exact) mass is 484 g/mol. The van der Waals surface area contributed by atoms with Crippen LogP contribution in [0.2, 0.25) is 0 Å². The van der Waals surface area contributed by atoms with Gasteiger partial charge in [0.2, 0.25) is 0 Å². The highest BCUT2D eigenvalue weighted by atomic mass is 32.1. The van der Waals surface area contributed by atoms with Crippen LogP contribution in [0.3, 0.4) is 0 Å². The predicted molar refractivity (Wildman–Crippen MR) is 132 cm³/mol. The van der Waals surface area contributed by atoms with Crippen LogP contribution in [-0.2, 0) is 4.79 Å². The number of nitrogens with two attached hydrogens (primary N) is 1. The predicted octanol–water partition coefficient (Wildman–Crippen LogP) is 2.59. The Morgan fingerprint density at radius 3 is 2.65 bits per heavy atom. The van der Waals surface area contributed by atoms with Crippen LogP contribution in [0, 0.1) is 6.92 Å². The number of pyridine rings is 1. The summed E-state index contributed by atoms with van der Waals surface area (Å²) in [6.07, 6.45) is 3.20. The van der Waals surface area contributed by atoms with Crippen LogP contribution in [0.5, 0.6) is 0 Å². The molecule has 3 N–H and O–H groups in total. The van der Waals surface area contributed by atoms with E-state index in [2.05, 4.69) is 15.2 Å². The van der Waals surface area contributed by atoms with Crippen molar-refractivity contribution < 1.29 is 14.4 Å². The number of amides is 4. The maximum absolute atomic E-state index is 13.4. The molecule has 0 radical (unpaired) electrons. The number of imide groups is 1. The summed E-state index contributed by atoms with van der Waals surface area (Å²) in [7, 11) is 0. The van der Waals surface area contributed by atoms with E-state index in [1.54, 1.807) is 0 Å². The normalized spacial score (nSPS) is 24.6. The molecule has 182 valence electrons. The Morgan fingerprint density at radius 1 is 1.24 bits per heavy atom. The Kier molecular flexibility index (Phi) is 5.76. The topological polar surface area (TPSA) is 112 Å². The molecule has 1 spiro atoms. The molecule has 3 aliphatic rings. The number of anilines is 1. The lowest BCUT2D eigenvalue weighted by molar-refractivity contribution is -0.134. The number of likely N-dealkylation sites (tertiary alicyclic amines) is 2. The standard InChI is InChI=1S/C24H32N6O3S/c1-14(2)30-22(32)24(27-23(30)33)9-4-10-29(13-24)16-7-11-28(12-8-16)21(31)18-17-6-5-15(3)26-20(17)34-19(18)25/h5-6,14,16H,4,7-13,25H2,1-3H3,(H,27,33). The van der Waals surface area contributed by atoms with Gasteiger partial charge in [0.1, 0.15) is 15.4 Å². The Bertz CT molecular complexity index is 1160. The highest BCUT2D eigenvalue weighted by molar-refractivity contribution is 7.22. The summed E-state index contributed by atoms with van der Waals surface area (Å²) in [5.74, 6) is -0.137. The third-order valence-electron chi connectivity index (χ3n) is 7.44. The van der Waals surface area contributed by atoms with Gasteiger partial charge in [-0.05, 0) is 65.1 Å². The van der Waals surface area contributed by atoms with Crippen LogP contribution in [0.1, 0.15) is 55.6 Å². The molecule has 9 nitrogen and oxygen atoms in total. The second-order valence-electron chi connectivity index (χ2n) is 10.0. The molecule has 4 amide bonds. The van der Waals surface area contributed by atoms with Crippen molar-refractivity contribution >= 4 is 44.4 Å². The van der Waals surface area contributed by atoms with Gasteiger partial charge in [-0.1, -0.05) is 11.3 Å². The van der Waals surface area contributed by atoms with E-state index in [-0.39, 0.29) is 29.9 Å². The molecule has 0 bridgehead atoms. The molecule has 2 aromatic heterocycles. The highest BCUT2D eigenvalue weighted by Crippen LogP contribution is 2.35. The van der Waals surface area contributed by atoms with Crippen molar-refractivity contribution in [2.45, 2.75) is 64.1 Å². The average molecular weight is 485 g/mol. The van der Waals surface area contributed by atoms with E-state index in [4.69, 9.17) is 5.73 Å². The Hall–Kier alpha value is -2.72. The fourth-order valence-electron chi connectivity index (χ4n) is 5.69. The van der Waals surface area contributed by atoms with Gasteiger partial charge in [-0.15, -0.1) is 0 Å². The molecule has 34 heavy (non-hydrogen) atoms. The first kappa shape index (κ1) is 23.0. The van der Waals surface area contributed by atoms with Crippen molar-refractivity contribution in [3.8, 4) is 0 Å². The highest BCUT2D eigenvalue weighted by Gasteiger charge is 2.54. The zero-order valence-electron chi connectivity index (χ0n) is 20.0. The number of thiophene rings is 1. The number of rotatable bonds is 3. The fraction of sp³-hybridized carbons (Fsp3) is 0.583. The second kappa shape index (κ2) is 8.49. The number of urea groups is 1. The largest absolute Gasteiger partial charge is 0.390 e. The number of fused-ring (bicyclic) bond motifs is 1. The van der Waals surface area contributed by atoms with Crippen LogP contribution in [0.15, 0.2) is 12.1 Å². The molecule has 5 rings (SSSR count). The Labute approximate surface area is 203 Å². The molecule has 0 saturated carbocycles. The third-order valence-corrected chi connectivity index (χ3v) is 8.36. The number of nitrogen functional groups attached to an aromatic ring is 1. The number of hydrogen-bond donors (Lipinski definition) is 2. The summed E-state index contributed by atoms with van der Waals surface area (Å²) in [5.41, 5.74) is 6.88. The van der Waals surface area contributed by atoms with Gasteiger partial charge in [0.15, 0.2) is 0 Å². The SMILES string of the molecule is Cc1ccc2c(C(=O)N3CCC(N4CCCC5(C4)NC(=O)N(C(C)C)C5=O)CC3)c(N)sc2n1. The molecule has 0 aromatic carbocycles. The molecule has 1 atom stereocenters. The van der Waals surface area contributed by atoms with Crippen molar-refractivity contribution in [2.75, 3.05) is 31.9 Å². The quantitative estimate of drug-likeness (QED) is 0.648. The summed E-state index contributed by atoms with van der Waals surface area (Å²) in [6.45, 7) is 8.38. The summed E-state index contributed by atoms with van der Waals surface area (Å²) in [5, 5.41) is 4.34. The third kappa shape index (κ3) is 3.73. The van der Waals surface area contributed by atoms with Crippen LogP contribution < -0.4 is 11.1 Å². The summed E-state index contributed by atoms with van der Waals surface area (Å²) >= 11 is 1.36. The van der Waals surface area contributed by atoms with E-state index in [0.29, 0.717) is 36.6 Å². The van der Waals surface area contributed by atoms with Gasteiger partial charge in [0.25, 0.3) is 11.8 Å². The Balaban J connectivity index is 1.26. The van der Waals surface area contributed by atoms with Crippen molar-refractivity contribution in [3.05, 3.63) is 23.4 Å². The molecular weight excluding hydrogens is 452 g/mol. The molecule has 5 heterocycles. The first-order valence-electron chi connectivity index (χ1n) is 12.0. The number of piperidine rings is 2. The number of nitrogens with zero attached hydrogens (tertiary/aromatic N) is 4. The second-order valence-corrected chi connectivity index (χ2v) is 11.1. The van der Waals surface area contributed by atoms with Crippen molar-refractivity contribution in [2.24, 2.45) is 0 Å². The van der Waals surface area contributed by atoms with Crippen LogP contribution in [0.4, 0.5) is 9.80 Å². The maximum Gasteiger partial charge on any atom is 0.325 e. The zero-order valence-corrected chi connectivity index (χ0v) is 20.8. The van der Waals surface area contributed by atoms with Gasteiger partial charge < -0.3 is 16.0 Å². The van der Waals surface area contributed by atoms with E-state index >= 15 is 0 Å². The molecule has 3 fully saturated rings. The summed E-state index contributed by atoms with van der Waals surface area (Å²) < 4.78 is 0. The molecule has 0 aliphatic carbocycles. The fourth-order valence-corrected chi connectivity index (χ4v) is 6.67. The molecule has 3 saturated heterocycles. The van der Waals surface area contributed by atoms with Crippen molar-refractivity contribution in [3.63, 3.8) is 0 Å². The van der Waals surface area contributed by atoms with E-state index in [0.717, 1.165) is 41.7 Å². The first-order chi connectivity index (χ1) is 16.2. The minimum atomic E-state index is -0.818. The van der Waals surface area contributed by atoms with Crippen LogP contribution in [0.25, 0.3) is 10.2 Å². The van der Waals surface area contributed by atoms with Crippen molar-refractivity contribution in [1.82, 2.24) is 25.0 Å². The summed E-state index contributed by atoms with van der Waals surface area (Å²) in [4.78, 5) is 49.9. The van der Waals surface area contributed by atoms with Gasteiger partial charge in [0, 0.05) is 42.8 Å². The van der Waals surface area contributed by atoms with E-state index in [1.165, 1.54) is 16.2 Å². The number of aryl methyl sites for hydroxylation is 1. The lowest BCUT2D eigenvalue weighted by Gasteiger charge is -2.45. The number of hydrogen-bond acceptors (Lipinski definition) is 7. The molecule has 1 unspecified atom stereocenters. The van der Waals surface area contributed by atoms with Crippen LogP contribution in [-0.4, -0.2) is 81.3 Å². The van der Waals surface area contributed by atoms with E-state index in [1.807, 2.05) is 37.8 Å². The maximum atomic E-state index is 13.4. The van der Waals surface area contributed by atoms with Gasteiger partial charge in [-0.25, -0.2) is 9.78 Å². The summed E-state index contributed by atoms with van der Waals surface area (Å²) in [6, 6.07) is 3.68. The minimum Gasteiger partial charge on any atom is -0.390 e. The lowest BCUT2D eigenvalue weighted by Crippen LogP contribution is -2.61. The van der Waals surface area contributed by atoms with Crippen molar-refractivity contribution in [1.29, 1.82) is 0 Å². The van der Waals surface area contributed by atoms with Gasteiger partial charge >= 0.3 is 6.03 Å². The van der Waals surface area contributed by atoms with Gasteiger partial charge in [-0.2, -0.15) is 0 Å². The van der Waals surface area contributed by atoms with E-state index < -0.39 is 5.54 Å². The molecular formula is C24H32N6O3S. The number of carbonyl (C=O) groups excluding carboxylic acids is 3. The number of nitrogens with one attached hydrogen (secondary N) is 1. The smallest absolute Gasteiger partial charge is 0.325 e. The lowest BCUT2D eigenvalue weighted by atomic mass is 9.86. The Morgan fingerprint density at radius 2 is 1.97 bits per heavy atom. The zero-order chi connectivity index (χ0) is 24.2.